The Kier molecular flexibility index (Phi) is 4.75. The monoisotopic (exact) mass is 287 g/mol. The van der Waals surface area contributed by atoms with Crippen LogP contribution in [0.2, 0.25) is 0 Å². The third kappa shape index (κ3) is 3.70. The molecular weight excluding hydrogens is 266 g/mol. The van der Waals surface area contributed by atoms with Gasteiger partial charge in [0.05, 0.1) is 0 Å². The van der Waals surface area contributed by atoms with E-state index in [1.165, 1.54) is 0 Å². The van der Waals surface area contributed by atoms with Gasteiger partial charge >= 0.3 is 0 Å². The number of aliphatic hydroxyl groups is 1. The molecule has 2 N–H and O–H groups in total. The zero-order valence-corrected chi connectivity index (χ0v) is 12.6. The topological polar surface area (TPSA) is 67.2 Å². The van der Waals surface area contributed by atoms with Crippen LogP contribution in [0, 0.1) is 0 Å². The number of benzene rings is 1. The van der Waals surface area contributed by atoms with Crippen molar-refractivity contribution in [1.82, 2.24) is 9.78 Å². The minimum Gasteiger partial charge on any atom is -0.396 e. The van der Waals surface area contributed by atoms with Crippen molar-refractivity contribution in [1.29, 1.82) is 0 Å². The number of hydrogen-bond acceptors (Lipinski definition) is 3. The van der Waals surface area contributed by atoms with Crippen LogP contribution in [0.5, 0.6) is 0 Å². The van der Waals surface area contributed by atoms with Crippen LogP contribution in [0.3, 0.4) is 0 Å². The van der Waals surface area contributed by atoms with Crippen molar-refractivity contribution < 1.29 is 9.90 Å². The van der Waals surface area contributed by atoms with Gasteiger partial charge in [-0.1, -0.05) is 26.0 Å². The first-order valence-electron chi connectivity index (χ1n) is 7.06. The van der Waals surface area contributed by atoms with Gasteiger partial charge in [0.15, 0.2) is 5.69 Å². The second kappa shape index (κ2) is 6.54. The number of anilines is 1. The summed E-state index contributed by atoms with van der Waals surface area (Å²) in [6.07, 6.45) is 0.617. The second-order valence-corrected chi connectivity index (χ2v) is 5.36. The Hall–Kier alpha value is -2.14. The predicted octanol–water partition coefficient (Wildman–Crippen LogP) is 2.33. The Morgan fingerprint density at radius 2 is 2.00 bits per heavy atom. The van der Waals surface area contributed by atoms with Gasteiger partial charge in [-0.3, -0.25) is 9.48 Å². The summed E-state index contributed by atoms with van der Waals surface area (Å²) < 4.78 is 1.74. The lowest BCUT2D eigenvalue weighted by molar-refractivity contribution is 0.102. The van der Waals surface area contributed by atoms with Gasteiger partial charge in [-0.05, 0) is 36.1 Å². The number of aromatic nitrogens is 2. The molecule has 0 radical (unpaired) electrons. The first kappa shape index (κ1) is 15.3. The van der Waals surface area contributed by atoms with Gasteiger partial charge in [-0.15, -0.1) is 0 Å². The van der Waals surface area contributed by atoms with Gasteiger partial charge in [0.2, 0.25) is 0 Å². The highest BCUT2D eigenvalue weighted by atomic mass is 16.3. The molecule has 0 atom stereocenters. The molecule has 1 aromatic heterocycles. The predicted molar refractivity (Wildman–Crippen MR) is 82.5 cm³/mol. The van der Waals surface area contributed by atoms with Crippen molar-refractivity contribution in [3.05, 3.63) is 47.3 Å². The maximum Gasteiger partial charge on any atom is 0.276 e. The third-order valence-electron chi connectivity index (χ3n) is 3.35. The molecule has 0 fully saturated rings. The SMILES string of the molecule is CC(C)c1cc(C(=O)Nc2ccc(CCO)cc2)nn1C. The van der Waals surface area contributed by atoms with Crippen LogP contribution in [0.25, 0.3) is 0 Å². The Balaban J connectivity index is 2.08. The number of rotatable bonds is 5. The fourth-order valence-corrected chi connectivity index (χ4v) is 2.21. The Morgan fingerprint density at radius 1 is 1.33 bits per heavy atom. The van der Waals surface area contributed by atoms with Gasteiger partial charge in [0, 0.05) is 25.0 Å². The number of hydrogen-bond donors (Lipinski definition) is 2. The Morgan fingerprint density at radius 3 is 2.52 bits per heavy atom. The molecule has 1 heterocycles. The molecule has 2 rings (SSSR count). The lowest BCUT2D eigenvalue weighted by atomic mass is 10.1. The third-order valence-corrected chi connectivity index (χ3v) is 3.35. The van der Waals surface area contributed by atoms with Gasteiger partial charge in [0.1, 0.15) is 0 Å². The number of amides is 1. The minimum absolute atomic E-state index is 0.123. The lowest BCUT2D eigenvalue weighted by Crippen LogP contribution is -2.13. The first-order valence-corrected chi connectivity index (χ1v) is 7.06. The van der Waals surface area contributed by atoms with Crippen molar-refractivity contribution in [3.8, 4) is 0 Å². The molecule has 0 spiro atoms. The summed E-state index contributed by atoms with van der Waals surface area (Å²) in [5.74, 6) is 0.106. The van der Waals surface area contributed by atoms with E-state index < -0.39 is 0 Å². The van der Waals surface area contributed by atoms with Crippen molar-refractivity contribution in [2.24, 2.45) is 7.05 Å². The quantitative estimate of drug-likeness (QED) is 0.887. The smallest absolute Gasteiger partial charge is 0.276 e. The molecule has 0 saturated carbocycles. The van der Waals surface area contributed by atoms with E-state index in [0.29, 0.717) is 18.0 Å². The molecule has 0 aliphatic carbocycles. The van der Waals surface area contributed by atoms with Crippen LogP contribution in [0.1, 0.15) is 41.5 Å². The summed E-state index contributed by atoms with van der Waals surface area (Å²) in [7, 11) is 1.84. The second-order valence-electron chi connectivity index (χ2n) is 5.36. The number of aliphatic hydroxyl groups excluding tert-OH is 1. The van der Waals surface area contributed by atoms with E-state index in [2.05, 4.69) is 24.3 Å². The maximum atomic E-state index is 12.2. The number of carbonyl (C=O) groups is 1. The molecule has 21 heavy (non-hydrogen) atoms. The fourth-order valence-electron chi connectivity index (χ4n) is 2.21. The molecule has 1 amide bonds. The molecule has 1 aromatic carbocycles. The molecule has 0 saturated heterocycles. The molecular formula is C16H21N3O2. The average Bonchev–Trinajstić information content (AvgIpc) is 2.84. The highest BCUT2D eigenvalue weighted by molar-refractivity contribution is 6.02. The lowest BCUT2D eigenvalue weighted by Gasteiger charge is -2.04. The molecule has 5 heteroatoms. The average molecular weight is 287 g/mol. The zero-order valence-electron chi connectivity index (χ0n) is 12.6. The van der Waals surface area contributed by atoms with E-state index in [-0.39, 0.29) is 12.5 Å². The molecule has 2 aromatic rings. The van der Waals surface area contributed by atoms with Crippen molar-refractivity contribution in [3.63, 3.8) is 0 Å². The summed E-state index contributed by atoms with van der Waals surface area (Å²) in [6.45, 7) is 4.26. The number of aryl methyl sites for hydroxylation is 1. The molecule has 0 aliphatic heterocycles. The summed E-state index contributed by atoms with van der Waals surface area (Å²) >= 11 is 0. The summed E-state index contributed by atoms with van der Waals surface area (Å²) in [4.78, 5) is 12.2. The van der Waals surface area contributed by atoms with Gasteiger partial charge in [-0.25, -0.2) is 0 Å². The number of nitrogens with zero attached hydrogens (tertiary/aromatic N) is 2. The van der Waals surface area contributed by atoms with Crippen molar-refractivity contribution in [2.75, 3.05) is 11.9 Å². The molecule has 112 valence electrons. The van der Waals surface area contributed by atoms with E-state index >= 15 is 0 Å². The highest BCUT2D eigenvalue weighted by Crippen LogP contribution is 2.16. The standard InChI is InChI=1S/C16H21N3O2/c1-11(2)15-10-14(18-19(15)3)16(21)17-13-6-4-12(5-7-13)8-9-20/h4-7,10-11,20H,8-9H2,1-3H3,(H,17,21). The van der Waals surface area contributed by atoms with Crippen LogP contribution in [0.15, 0.2) is 30.3 Å². The van der Waals surface area contributed by atoms with E-state index in [1.54, 1.807) is 4.68 Å². The molecule has 0 bridgehead atoms. The Labute approximate surface area is 124 Å². The van der Waals surface area contributed by atoms with Gasteiger partial charge in [0.25, 0.3) is 5.91 Å². The van der Waals surface area contributed by atoms with Crippen LogP contribution < -0.4 is 5.32 Å². The van der Waals surface area contributed by atoms with Crippen LogP contribution in [-0.4, -0.2) is 27.4 Å². The van der Waals surface area contributed by atoms with Crippen molar-refractivity contribution >= 4 is 11.6 Å². The zero-order chi connectivity index (χ0) is 15.4. The van der Waals surface area contributed by atoms with Crippen molar-refractivity contribution in [2.45, 2.75) is 26.2 Å². The summed E-state index contributed by atoms with van der Waals surface area (Å²) in [5.41, 5.74) is 3.20. The molecule has 0 aliphatic rings. The van der Waals surface area contributed by atoms with E-state index in [4.69, 9.17) is 5.11 Å². The van der Waals surface area contributed by atoms with Gasteiger partial charge in [-0.2, -0.15) is 5.10 Å². The summed E-state index contributed by atoms with van der Waals surface area (Å²) in [6, 6.07) is 9.26. The molecule has 5 nitrogen and oxygen atoms in total. The maximum absolute atomic E-state index is 12.2. The highest BCUT2D eigenvalue weighted by Gasteiger charge is 2.14. The van der Waals surface area contributed by atoms with E-state index in [1.807, 2.05) is 37.4 Å². The number of nitrogens with one attached hydrogen (secondary N) is 1. The normalized spacial score (nSPS) is 10.9. The fraction of sp³-hybridized carbons (Fsp3) is 0.375. The van der Waals surface area contributed by atoms with E-state index in [9.17, 15) is 4.79 Å². The first-order chi connectivity index (χ1) is 10.0. The Bertz CT molecular complexity index is 615. The largest absolute Gasteiger partial charge is 0.396 e. The minimum atomic E-state index is -0.215. The van der Waals surface area contributed by atoms with Crippen LogP contribution >= 0.6 is 0 Å². The molecule has 0 unspecified atom stereocenters. The van der Waals surface area contributed by atoms with Crippen LogP contribution in [-0.2, 0) is 13.5 Å². The van der Waals surface area contributed by atoms with Gasteiger partial charge < -0.3 is 10.4 Å². The van der Waals surface area contributed by atoms with Crippen LogP contribution in [0.4, 0.5) is 5.69 Å². The van der Waals surface area contributed by atoms with E-state index in [0.717, 1.165) is 16.9 Å². The number of carbonyl (C=O) groups excluding carboxylic acids is 1. The summed E-state index contributed by atoms with van der Waals surface area (Å²) in [5, 5.41) is 16.0.